The maximum absolute atomic E-state index is 12.8. The van der Waals surface area contributed by atoms with Crippen molar-refractivity contribution in [2.24, 2.45) is 0 Å². The topological polar surface area (TPSA) is 57.7 Å². The second kappa shape index (κ2) is 9.09. The van der Waals surface area contributed by atoms with E-state index in [0.717, 1.165) is 42.6 Å². The summed E-state index contributed by atoms with van der Waals surface area (Å²) in [7, 11) is -3.48. The van der Waals surface area contributed by atoms with Gasteiger partial charge in [0.2, 0.25) is 15.9 Å². The molecule has 2 rings (SSSR count). The van der Waals surface area contributed by atoms with Crippen LogP contribution in [0.25, 0.3) is 0 Å². The van der Waals surface area contributed by atoms with Crippen LogP contribution in [-0.4, -0.2) is 44.6 Å². The Labute approximate surface area is 164 Å². The Morgan fingerprint density at radius 3 is 2.59 bits per heavy atom. The zero-order valence-corrected chi connectivity index (χ0v) is 18.2. The van der Waals surface area contributed by atoms with E-state index in [1.165, 1.54) is 17.0 Å². The summed E-state index contributed by atoms with van der Waals surface area (Å²) in [5, 5.41) is 0. The number of aryl methyl sites for hydroxylation is 1. The number of rotatable bonds is 7. The zero-order valence-electron chi connectivity index (χ0n) is 17.4. The second-order valence-electron chi connectivity index (χ2n) is 7.90. The van der Waals surface area contributed by atoms with E-state index in [0.29, 0.717) is 6.04 Å². The number of carbonyl (C=O) groups excluding carboxylic acids is 1. The molecular weight excluding hydrogens is 360 g/mol. The first-order valence-corrected chi connectivity index (χ1v) is 11.9. The van der Waals surface area contributed by atoms with E-state index in [1.54, 1.807) is 0 Å². The van der Waals surface area contributed by atoms with Crippen LogP contribution in [0.15, 0.2) is 18.2 Å². The highest BCUT2D eigenvalue weighted by Gasteiger charge is 2.28. The molecule has 1 fully saturated rings. The van der Waals surface area contributed by atoms with Crippen molar-refractivity contribution in [2.45, 2.75) is 71.8 Å². The summed E-state index contributed by atoms with van der Waals surface area (Å²) in [5.74, 6) is 0.265. The Morgan fingerprint density at radius 2 is 2.00 bits per heavy atom. The SMILES string of the molecule is CCC1CCCCN1C(=O)CCN(c1c(C)cccc1C(C)C)S(C)(=O)=O. The molecule has 0 saturated carbocycles. The molecule has 0 bridgehead atoms. The first-order valence-electron chi connectivity index (χ1n) is 10.0. The normalized spacial score (nSPS) is 18.0. The van der Waals surface area contributed by atoms with Crippen LogP contribution in [-0.2, 0) is 14.8 Å². The van der Waals surface area contributed by atoms with Crippen LogP contribution in [0.1, 0.15) is 69.9 Å². The predicted molar refractivity (Wildman–Crippen MR) is 112 cm³/mol. The number of hydrogen-bond donors (Lipinski definition) is 0. The van der Waals surface area contributed by atoms with Crippen molar-refractivity contribution in [1.29, 1.82) is 0 Å². The van der Waals surface area contributed by atoms with Crippen molar-refractivity contribution in [3.8, 4) is 0 Å². The zero-order chi connectivity index (χ0) is 20.2. The van der Waals surface area contributed by atoms with Gasteiger partial charge in [-0.1, -0.05) is 39.0 Å². The molecule has 0 N–H and O–H groups in total. The van der Waals surface area contributed by atoms with Gasteiger partial charge in [0.05, 0.1) is 11.9 Å². The molecule has 0 radical (unpaired) electrons. The molecular formula is C21H34N2O3S. The van der Waals surface area contributed by atoms with Crippen molar-refractivity contribution in [2.75, 3.05) is 23.7 Å². The Balaban J connectivity index is 2.26. The Kier molecular flexibility index (Phi) is 7.32. The summed E-state index contributed by atoms with van der Waals surface area (Å²) in [6.07, 6.45) is 5.65. The maximum Gasteiger partial charge on any atom is 0.232 e. The third kappa shape index (κ3) is 5.24. The summed E-state index contributed by atoms with van der Waals surface area (Å²) in [6, 6.07) is 6.16. The Bertz CT molecular complexity index is 759. The molecule has 0 aromatic heterocycles. The number of anilines is 1. The number of amides is 1. The molecule has 27 heavy (non-hydrogen) atoms. The molecule has 1 unspecified atom stereocenters. The Morgan fingerprint density at radius 1 is 1.30 bits per heavy atom. The minimum Gasteiger partial charge on any atom is -0.340 e. The van der Waals surface area contributed by atoms with Gasteiger partial charge in [-0.15, -0.1) is 0 Å². The van der Waals surface area contributed by atoms with Gasteiger partial charge in [-0.2, -0.15) is 0 Å². The first kappa shape index (κ1) is 21.7. The van der Waals surface area contributed by atoms with Gasteiger partial charge in [-0.05, 0) is 49.7 Å². The van der Waals surface area contributed by atoms with Gasteiger partial charge in [0.1, 0.15) is 0 Å². The number of carbonyl (C=O) groups is 1. The van der Waals surface area contributed by atoms with Gasteiger partial charge >= 0.3 is 0 Å². The molecule has 0 aliphatic carbocycles. The van der Waals surface area contributed by atoms with Crippen molar-refractivity contribution in [3.05, 3.63) is 29.3 Å². The van der Waals surface area contributed by atoms with E-state index in [9.17, 15) is 13.2 Å². The lowest BCUT2D eigenvalue weighted by atomic mass is 9.98. The molecule has 1 aromatic rings. The third-order valence-electron chi connectivity index (χ3n) is 5.49. The second-order valence-corrected chi connectivity index (χ2v) is 9.80. The molecule has 0 spiro atoms. The molecule has 1 heterocycles. The molecule has 1 saturated heterocycles. The molecule has 1 atom stereocenters. The molecule has 1 amide bonds. The predicted octanol–water partition coefficient (Wildman–Crippen LogP) is 4.07. The van der Waals surface area contributed by atoms with Gasteiger partial charge in [-0.25, -0.2) is 8.42 Å². The van der Waals surface area contributed by atoms with Gasteiger partial charge in [0, 0.05) is 25.6 Å². The minimum atomic E-state index is -3.48. The molecule has 1 aliphatic rings. The summed E-state index contributed by atoms with van der Waals surface area (Å²) in [5.41, 5.74) is 2.65. The van der Waals surface area contributed by atoms with Crippen molar-refractivity contribution < 1.29 is 13.2 Å². The van der Waals surface area contributed by atoms with Crippen LogP contribution >= 0.6 is 0 Å². The van der Waals surface area contributed by atoms with Gasteiger partial charge in [-0.3, -0.25) is 9.10 Å². The standard InChI is InChI=1S/C21H34N2O3S/c1-6-18-11-7-8-14-22(18)20(24)13-15-23(27(5,25)26)21-17(4)10-9-12-19(21)16(2)3/h9-10,12,16,18H,6-8,11,13-15H2,1-5H3. The largest absolute Gasteiger partial charge is 0.340 e. The highest BCUT2D eigenvalue weighted by molar-refractivity contribution is 7.92. The van der Waals surface area contributed by atoms with Crippen LogP contribution in [0.3, 0.4) is 0 Å². The number of para-hydroxylation sites is 1. The third-order valence-corrected chi connectivity index (χ3v) is 6.65. The Hall–Kier alpha value is -1.56. The van der Waals surface area contributed by atoms with E-state index in [4.69, 9.17) is 0 Å². The van der Waals surface area contributed by atoms with Crippen LogP contribution in [0, 0.1) is 6.92 Å². The number of likely N-dealkylation sites (tertiary alicyclic amines) is 1. The quantitative estimate of drug-likeness (QED) is 0.700. The number of sulfonamides is 1. The fourth-order valence-electron chi connectivity index (χ4n) is 4.03. The number of piperidine rings is 1. The highest BCUT2D eigenvalue weighted by atomic mass is 32.2. The lowest BCUT2D eigenvalue weighted by Crippen LogP contribution is -2.45. The summed E-state index contributed by atoms with van der Waals surface area (Å²) in [4.78, 5) is 14.8. The molecule has 1 aliphatic heterocycles. The number of nitrogens with zero attached hydrogens (tertiary/aromatic N) is 2. The van der Waals surface area contributed by atoms with E-state index in [1.807, 2.05) is 30.0 Å². The van der Waals surface area contributed by atoms with Gasteiger partial charge in [0.25, 0.3) is 0 Å². The van der Waals surface area contributed by atoms with E-state index < -0.39 is 10.0 Å². The summed E-state index contributed by atoms with van der Waals surface area (Å²) < 4.78 is 26.6. The molecule has 5 nitrogen and oxygen atoms in total. The average molecular weight is 395 g/mol. The summed E-state index contributed by atoms with van der Waals surface area (Å²) >= 11 is 0. The maximum atomic E-state index is 12.8. The molecule has 6 heteroatoms. The van der Waals surface area contributed by atoms with Crippen molar-refractivity contribution in [1.82, 2.24) is 4.90 Å². The smallest absolute Gasteiger partial charge is 0.232 e. The van der Waals surface area contributed by atoms with Crippen LogP contribution < -0.4 is 4.31 Å². The average Bonchev–Trinajstić information content (AvgIpc) is 2.61. The highest BCUT2D eigenvalue weighted by Crippen LogP contribution is 2.32. The molecule has 1 aromatic carbocycles. The van der Waals surface area contributed by atoms with Crippen LogP contribution in [0.5, 0.6) is 0 Å². The lowest BCUT2D eigenvalue weighted by molar-refractivity contribution is -0.134. The monoisotopic (exact) mass is 394 g/mol. The fourth-order valence-corrected chi connectivity index (χ4v) is 5.03. The van der Waals surface area contributed by atoms with Gasteiger partial charge in [0.15, 0.2) is 0 Å². The summed E-state index contributed by atoms with van der Waals surface area (Å²) in [6.45, 7) is 9.14. The van der Waals surface area contributed by atoms with Gasteiger partial charge < -0.3 is 4.90 Å². The fraction of sp³-hybridized carbons (Fsp3) is 0.667. The van der Waals surface area contributed by atoms with E-state index in [2.05, 4.69) is 20.8 Å². The van der Waals surface area contributed by atoms with E-state index >= 15 is 0 Å². The van der Waals surface area contributed by atoms with E-state index in [-0.39, 0.29) is 24.8 Å². The van der Waals surface area contributed by atoms with Crippen LogP contribution in [0.2, 0.25) is 0 Å². The van der Waals surface area contributed by atoms with Crippen LogP contribution in [0.4, 0.5) is 5.69 Å². The van der Waals surface area contributed by atoms with Crippen molar-refractivity contribution >= 4 is 21.6 Å². The number of benzene rings is 1. The minimum absolute atomic E-state index is 0.0647. The number of hydrogen-bond acceptors (Lipinski definition) is 3. The molecule has 152 valence electrons. The first-order chi connectivity index (χ1) is 12.7. The lowest BCUT2D eigenvalue weighted by Gasteiger charge is -2.36. The van der Waals surface area contributed by atoms with Crippen molar-refractivity contribution in [3.63, 3.8) is 0 Å².